The summed E-state index contributed by atoms with van der Waals surface area (Å²) in [5.74, 6) is 0.572. The van der Waals surface area contributed by atoms with Crippen molar-refractivity contribution in [1.82, 2.24) is 10.5 Å². The molecule has 0 aliphatic carbocycles. The molecule has 0 unspecified atom stereocenters. The number of halogens is 1. The van der Waals surface area contributed by atoms with E-state index in [0.29, 0.717) is 22.2 Å². The lowest BCUT2D eigenvalue weighted by Gasteiger charge is -2.16. The van der Waals surface area contributed by atoms with Crippen molar-refractivity contribution in [3.05, 3.63) is 46.3 Å². The van der Waals surface area contributed by atoms with Crippen molar-refractivity contribution in [2.75, 3.05) is 5.32 Å². The minimum atomic E-state index is -0.327. The number of rotatable bonds is 3. The summed E-state index contributed by atoms with van der Waals surface area (Å²) in [5.41, 5.74) is 2.10. The van der Waals surface area contributed by atoms with Crippen LogP contribution in [0.15, 0.2) is 28.8 Å². The molecule has 0 fully saturated rings. The average Bonchev–Trinajstić information content (AvgIpc) is 2.71. The molecule has 0 spiro atoms. The number of carbonyl (C=O) groups is 1. The number of nitrogens with one attached hydrogen (secondary N) is 2. The number of benzene rings is 1. The molecule has 2 amide bonds. The van der Waals surface area contributed by atoms with Crippen LogP contribution in [0.2, 0.25) is 5.02 Å². The zero-order valence-corrected chi connectivity index (χ0v) is 12.3. The van der Waals surface area contributed by atoms with Crippen molar-refractivity contribution in [3.8, 4) is 0 Å². The van der Waals surface area contributed by atoms with Crippen molar-refractivity contribution in [2.24, 2.45) is 0 Å². The van der Waals surface area contributed by atoms with E-state index in [9.17, 15) is 4.79 Å². The molecule has 0 saturated heterocycles. The fourth-order valence-electron chi connectivity index (χ4n) is 1.91. The first-order valence-corrected chi connectivity index (χ1v) is 6.61. The van der Waals surface area contributed by atoms with Crippen LogP contribution in [0, 0.1) is 13.8 Å². The van der Waals surface area contributed by atoms with Crippen LogP contribution in [0.1, 0.15) is 30.0 Å². The zero-order chi connectivity index (χ0) is 14.7. The lowest BCUT2D eigenvalue weighted by atomic mass is 10.1. The van der Waals surface area contributed by atoms with Gasteiger partial charge in [0.25, 0.3) is 0 Å². The first-order valence-electron chi connectivity index (χ1n) is 6.24. The summed E-state index contributed by atoms with van der Waals surface area (Å²) >= 11 is 6.10. The van der Waals surface area contributed by atoms with Gasteiger partial charge in [0, 0.05) is 5.02 Å². The van der Waals surface area contributed by atoms with Crippen molar-refractivity contribution in [2.45, 2.75) is 26.8 Å². The monoisotopic (exact) mass is 293 g/mol. The van der Waals surface area contributed by atoms with Gasteiger partial charge < -0.3 is 15.2 Å². The molecule has 6 heteroatoms. The molecule has 0 radical (unpaired) electrons. The minimum Gasteiger partial charge on any atom is -0.359 e. The Hall–Kier alpha value is -2.01. The highest BCUT2D eigenvalue weighted by atomic mass is 35.5. The Bertz CT molecular complexity index is 605. The third kappa shape index (κ3) is 3.11. The highest BCUT2D eigenvalue weighted by molar-refractivity contribution is 6.31. The van der Waals surface area contributed by atoms with Crippen molar-refractivity contribution in [3.63, 3.8) is 0 Å². The number of amides is 2. The van der Waals surface area contributed by atoms with E-state index in [1.54, 1.807) is 19.9 Å². The van der Waals surface area contributed by atoms with Crippen LogP contribution in [0.4, 0.5) is 10.5 Å². The van der Waals surface area contributed by atoms with Crippen LogP contribution < -0.4 is 10.6 Å². The van der Waals surface area contributed by atoms with Crippen LogP contribution in [-0.2, 0) is 0 Å². The zero-order valence-electron chi connectivity index (χ0n) is 11.5. The van der Waals surface area contributed by atoms with Gasteiger partial charge in [-0.3, -0.25) is 0 Å². The molecule has 20 heavy (non-hydrogen) atoms. The van der Waals surface area contributed by atoms with Crippen LogP contribution in [-0.4, -0.2) is 11.2 Å². The van der Waals surface area contributed by atoms with E-state index in [-0.39, 0.29) is 12.1 Å². The Morgan fingerprint density at radius 2 is 2.05 bits per heavy atom. The first-order chi connectivity index (χ1) is 9.49. The van der Waals surface area contributed by atoms with E-state index < -0.39 is 0 Å². The van der Waals surface area contributed by atoms with Gasteiger partial charge in [0.1, 0.15) is 11.4 Å². The quantitative estimate of drug-likeness (QED) is 0.904. The highest BCUT2D eigenvalue weighted by Gasteiger charge is 2.15. The molecule has 5 nitrogen and oxygen atoms in total. The third-order valence-corrected chi connectivity index (χ3v) is 3.34. The van der Waals surface area contributed by atoms with E-state index in [1.807, 2.05) is 25.1 Å². The maximum Gasteiger partial charge on any atom is 0.319 e. The molecule has 2 aromatic rings. The summed E-state index contributed by atoms with van der Waals surface area (Å²) in [6.07, 6.45) is 0. The molecule has 106 valence electrons. The number of aromatic nitrogens is 1. The fourth-order valence-corrected chi connectivity index (χ4v) is 2.21. The van der Waals surface area contributed by atoms with Gasteiger partial charge in [0.2, 0.25) is 0 Å². The highest BCUT2D eigenvalue weighted by Crippen LogP contribution is 2.23. The number of aryl methyl sites for hydroxylation is 2. The molecule has 1 heterocycles. The summed E-state index contributed by atoms with van der Waals surface area (Å²) < 4.78 is 4.99. The molecular formula is C14H16ClN3O2. The average molecular weight is 294 g/mol. The van der Waals surface area contributed by atoms with Crippen molar-refractivity contribution >= 4 is 23.3 Å². The minimum absolute atomic E-state index is 0.204. The van der Waals surface area contributed by atoms with Crippen LogP contribution in [0.25, 0.3) is 0 Å². The SMILES string of the molecule is Cc1noc(C)c1NC(=O)N[C@@H](C)c1ccccc1Cl. The topological polar surface area (TPSA) is 67.2 Å². The van der Waals surface area contributed by atoms with E-state index in [4.69, 9.17) is 16.1 Å². The maximum atomic E-state index is 12.0. The van der Waals surface area contributed by atoms with Gasteiger partial charge in [-0.2, -0.15) is 0 Å². The van der Waals surface area contributed by atoms with Crippen LogP contribution >= 0.6 is 11.6 Å². The van der Waals surface area contributed by atoms with E-state index >= 15 is 0 Å². The normalized spacial score (nSPS) is 12.0. The third-order valence-electron chi connectivity index (χ3n) is 2.99. The lowest BCUT2D eigenvalue weighted by molar-refractivity contribution is 0.249. The molecule has 0 aliphatic rings. The number of urea groups is 1. The Kier molecular flexibility index (Phi) is 4.29. The van der Waals surface area contributed by atoms with Gasteiger partial charge in [-0.05, 0) is 32.4 Å². The molecule has 0 saturated carbocycles. The maximum absolute atomic E-state index is 12.0. The summed E-state index contributed by atoms with van der Waals surface area (Å²) in [5, 5.41) is 9.96. The molecule has 2 rings (SSSR count). The standard InChI is InChI=1S/C14H16ClN3O2/c1-8(11-6-4-5-7-12(11)15)16-14(19)17-13-9(2)18-20-10(13)3/h4-8H,1-3H3,(H2,16,17,19)/t8-/m0/s1. The first kappa shape index (κ1) is 14.4. The number of hydrogen-bond acceptors (Lipinski definition) is 3. The predicted molar refractivity (Wildman–Crippen MR) is 78.0 cm³/mol. The predicted octanol–water partition coefficient (Wildman–Crippen LogP) is 3.83. The van der Waals surface area contributed by atoms with E-state index in [1.165, 1.54) is 0 Å². The molecule has 1 aromatic carbocycles. The van der Waals surface area contributed by atoms with Gasteiger partial charge in [-0.1, -0.05) is 35.0 Å². The summed E-state index contributed by atoms with van der Waals surface area (Å²) in [6.45, 7) is 5.38. The van der Waals surface area contributed by atoms with Gasteiger partial charge >= 0.3 is 6.03 Å². The molecule has 1 atom stereocenters. The molecular weight excluding hydrogens is 278 g/mol. The molecule has 2 N–H and O–H groups in total. The summed E-state index contributed by atoms with van der Waals surface area (Å²) in [7, 11) is 0. The Labute approximate surface area is 122 Å². The van der Waals surface area contributed by atoms with Gasteiger partial charge in [-0.15, -0.1) is 0 Å². The van der Waals surface area contributed by atoms with E-state index in [0.717, 1.165) is 5.56 Å². The van der Waals surface area contributed by atoms with Crippen LogP contribution in [0.3, 0.4) is 0 Å². The van der Waals surface area contributed by atoms with E-state index in [2.05, 4.69) is 15.8 Å². The fraction of sp³-hybridized carbons (Fsp3) is 0.286. The molecule has 0 bridgehead atoms. The Morgan fingerprint density at radius 3 is 2.65 bits per heavy atom. The number of anilines is 1. The largest absolute Gasteiger partial charge is 0.359 e. The van der Waals surface area contributed by atoms with Gasteiger partial charge in [-0.25, -0.2) is 4.79 Å². The van der Waals surface area contributed by atoms with Crippen LogP contribution in [0.5, 0.6) is 0 Å². The smallest absolute Gasteiger partial charge is 0.319 e. The second-order valence-electron chi connectivity index (χ2n) is 4.54. The molecule has 0 aliphatic heterocycles. The second-order valence-corrected chi connectivity index (χ2v) is 4.95. The van der Waals surface area contributed by atoms with Gasteiger partial charge in [0.15, 0.2) is 5.76 Å². The second kappa shape index (κ2) is 5.96. The lowest BCUT2D eigenvalue weighted by Crippen LogP contribution is -2.31. The summed E-state index contributed by atoms with van der Waals surface area (Å²) in [6, 6.07) is 6.87. The van der Waals surface area contributed by atoms with Gasteiger partial charge in [0.05, 0.1) is 6.04 Å². The van der Waals surface area contributed by atoms with Crippen molar-refractivity contribution < 1.29 is 9.32 Å². The summed E-state index contributed by atoms with van der Waals surface area (Å²) in [4.78, 5) is 12.0. The Morgan fingerprint density at radius 1 is 1.35 bits per heavy atom. The number of nitrogens with zero attached hydrogens (tertiary/aromatic N) is 1. The number of carbonyl (C=O) groups excluding carboxylic acids is 1. The molecule has 1 aromatic heterocycles. The Balaban J connectivity index is 2.04. The van der Waals surface area contributed by atoms with Crippen molar-refractivity contribution in [1.29, 1.82) is 0 Å². The number of hydrogen-bond donors (Lipinski definition) is 2.